The van der Waals surface area contributed by atoms with Gasteiger partial charge in [0.15, 0.2) is 13.4 Å². The van der Waals surface area contributed by atoms with Gasteiger partial charge >= 0.3 is 12.1 Å². The van der Waals surface area contributed by atoms with Crippen molar-refractivity contribution in [2.75, 3.05) is 44.8 Å². The maximum atomic E-state index is 12.7. The van der Waals surface area contributed by atoms with E-state index in [2.05, 4.69) is 44.2 Å². The van der Waals surface area contributed by atoms with Crippen molar-refractivity contribution in [2.24, 2.45) is 0 Å². The van der Waals surface area contributed by atoms with Crippen LogP contribution in [0.25, 0.3) is 0 Å². The van der Waals surface area contributed by atoms with E-state index in [-0.39, 0.29) is 17.3 Å². The van der Waals surface area contributed by atoms with Crippen molar-refractivity contribution < 1.29 is 28.7 Å². The van der Waals surface area contributed by atoms with Crippen LogP contribution in [-0.4, -0.2) is 87.2 Å². The van der Waals surface area contributed by atoms with Crippen molar-refractivity contribution >= 4 is 42.8 Å². The molecule has 1 aliphatic heterocycles. The summed E-state index contributed by atoms with van der Waals surface area (Å²) in [7, 11) is -0.845. The summed E-state index contributed by atoms with van der Waals surface area (Å²) in [5, 5.41) is 14.0. The van der Waals surface area contributed by atoms with E-state index < -0.39 is 32.3 Å². The van der Waals surface area contributed by atoms with Crippen LogP contribution in [0.1, 0.15) is 31.3 Å². The van der Waals surface area contributed by atoms with Crippen molar-refractivity contribution in [3.05, 3.63) is 11.1 Å². The van der Waals surface area contributed by atoms with Crippen molar-refractivity contribution in [1.29, 1.82) is 0 Å². The number of methoxy groups -OCH3 is 1. The number of nitrogens with zero attached hydrogens (tertiary/aromatic N) is 3. The number of carboxylic acid groups (broad SMARTS) is 1. The zero-order valence-corrected chi connectivity index (χ0v) is 20.7. The first-order chi connectivity index (χ1) is 14.4. The average Bonchev–Trinajstić information content (AvgIpc) is 3.20. The largest absolute Gasteiger partial charge is 0.467 e. The van der Waals surface area contributed by atoms with Crippen LogP contribution in [0.5, 0.6) is 0 Å². The molecule has 0 bridgehead atoms. The van der Waals surface area contributed by atoms with Crippen molar-refractivity contribution in [1.82, 2.24) is 15.2 Å². The van der Waals surface area contributed by atoms with Crippen molar-refractivity contribution in [2.45, 2.75) is 44.9 Å². The summed E-state index contributed by atoms with van der Waals surface area (Å²) in [6.45, 7) is 12.2. The van der Waals surface area contributed by atoms with Gasteiger partial charge in [-0.15, -0.1) is 11.3 Å². The molecule has 0 spiro atoms. The Bertz CT molecular complexity index is 802. The predicted molar refractivity (Wildman–Crippen MR) is 120 cm³/mol. The molecule has 1 saturated heterocycles. The third kappa shape index (κ3) is 6.40. The number of rotatable bonds is 7. The van der Waals surface area contributed by atoms with Gasteiger partial charge in [-0.2, -0.15) is 0 Å². The zero-order valence-electron chi connectivity index (χ0n) is 18.9. The molecule has 1 aromatic rings. The smallest absolute Gasteiger partial charge is 0.407 e. The van der Waals surface area contributed by atoms with Gasteiger partial charge in [-0.1, -0.05) is 20.8 Å². The highest BCUT2D eigenvalue weighted by Crippen LogP contribution is 2.36. The Morgan fingerprint density at radius 3 is 2.39 bits per heavy atom. The summed E-state index contributed by atoms with van der Waals surface area (Å²) >= 11 is 1.30. The number of anilines is 1. The first-order valence-electron chi connectivity index (χ1n) is 10.1. The summed E-state index contributed by atoms with van der Waals surface area (Å²) in [6.07, 6.45) is -0.937. The molecule has 0 radical (unpaired) electrons. The summed E-state index contributed by atoms with van der Waals surface area (Å²) in [5.74, 6) is -1.06. The molecular formula is C19H32N4O6SSi. The number of carbonyl (C=O) groups is 3. The zero-order chi connectivity index (χ0) is 23.4. The number of piperazine rings is 1. The minimum Gasteiger partial charge on any atom is -0.467 e. The lowest BCUT2D eigenvalue weighted by Gasteiger charge is -2.37. The number of carbonyl (C=O) groups excluding carboxylic acids is 2. The molecule has 0 unspecified atom stereocenters. The van der Waals surface area contributed by atoms with Crippen LogP contribution >= 0.6 is 11.3 Å². The second-order valence-corrected chi connectivity index (χ2v) is 14.5. The van der Waals surface area contributed by atoms with Crippen LogP contribution in [0.15, 0.2) is 5.38 Å². The van der Waals surface area contributed by atoms with E-state index in [1.54, 1.807) is 5.38 Å². The molecule has 1 aromatic heterocycles. The highest BCUT2D eigenvalue weighted by molar-refractivity contribution is 7.13. The van der Waals surface area contributed by atoms with Crippen LogP contribution in [0.3, 0.4) is 0 Å². The fourth-order valence-corrected chi connectivity index (χ4v) is 4.53. The number of hydrogen-bond acceptors (Lipinski definition) is 8. The monoisotopic (exact) mass is 472 g/mol. The van der Waals surface area contributed by atoms with Crippen LogP contribution in [0.2, 0.25) is 18.1 Å². The highest BCUT2D eigenvalue weighted by atomic mass is 32.1. The molecule has 1 aliphatic rings. The van der Waals surface area contributed by atoms with Gasteiger partial charge in [0.25, 0.3) is 5.91 Å². The maximum absolute atomic E-state index is 12.7. The number of nitrogens with one attached hydrogen (secondary N) is 1. The Hall–Kier alpha value is -2.18. The molecule has 0 saturated carbocycles. The second-order valence-electron chi connectivity index (χ2n) is 8.89. The molecule has 1 atom stereocenters. The Morgan fingerprint density at radius 1 is 1.26 bits per heavy atom. The molecule has 2 rings (SSSR count). The normalized spacial score (nSPS) is 16.1. The van der Waals surface area contributed by atoms with Crippen LogP contribution in [-0.2, 0) is 14.0 Å². The van der Waals surface area contributed by atoms with E-state index in [1.807, 2.05) is 4.90 Å². The van der Waals surface area contributed by atoms with Gasteiger partial charge in [-0.25, -0.2) is 14.6 Å². The number of esters is 1. The Labute approximate surface area is 187 Å². The second kappa shape index (κ2) is 9.96. The molecule has 10 nitrogen and oxygen atoms in total. The summed E-state index contributed by atoms with van der Waals surface area (Å²) < 4.78 is 10.9. The molecule has 12 heteroatoms. The topological polar surface area (TPSA) is 121 Å². The van der Waals surface area contributed by atoms with Crippen molar-refractivity contribution in [3.63, 3.8) is 0 Å². The van der Waals surface area contributed by atoms with Gasteiger partial charge in [0.05, 0.1) is 13.7 Å². The van der Waals surface area contributed by atoms with Gasteiger partial charge in [-0.3, -0.25) is 4.79 Å². The van der Waals surface area contributed by atoms with E-state index in [4.69, 9.17) is 14.3 Å². The number of hydrogen-bond donors (Lipinski definition) is 2. The van der Waals surface area contributed by atoms with Gasteiger partial charge in [0, 0.05) is 31.6 Å². The molecule has 0 aliphatic carbocycles. The van der Waals surface area contributed by atoms with Crippen LogP contribution in [0, 0.1) is 0 Å². The number of ether oxygens (including phenoxy) is 1. The SMILES string of the molecule is COC(=O)[C@H](CO[Si](C)(C)C(C)(C)C)NC(=O)c1csc(N2CCN(C(=O)O)CC2)n1. The molecule has 2 N–H and O–H groups in total. The highest BCUT2D eigenvalue weighted by Gasteiger charge is 2.38. The number of thiazole rings is 1. The molecule has 2 heterocycles. The summed E-state index contributed by atoms with van der Waals surface area (Å²) in [5.41, 5.74) is 0.196. The van der Waals surface area contributed by atoms with Crippen LogP contribution in [0.4, 0.5) is 9.93 Å². The van der Waals surface area contributed by atoms with Crippen LogP contribution < -0.4 is 10.2 Å². The maximum Gasteiger partial charge on any atom is 0.407 e. The van der Waals surface area contributed by atoms with Gasteiger partial charge in [0.1, 0.15) is 11.7 Å². The van der Waals surface area contributed by atoms with E-state index in [1.165, 1.54) is 23.3 Å². The lowest BCUT2D eigenvalue weighted by atomic mass is 10.2. The first-order valence-corrected chi connectivity index (χ1v) is 13.9. The average molecular weight is 473 g/mol. The molecule has 31 heavy (non-hydrogen) atoms. The molecule has 1 fully saturated rings. The Kier molecular flexibility index (Phi) is 8.06. The first kappa shape index (κ1) is 25.1. The summed E-state index contributed by atoms with van der Waals surface area (Å²) in [6, 6.07) is -0.934. The van der Waals surface area contributed by atoms with E-state index in [0.29, 0.717) is 31.3 Å². The number of amides is 2. The van der Waals surface area contributed by atoms with E-state index in [0.717, 1.165) is 0 Å². The summed E-state index contributed by atoms with van der Waals surface area (Å²) in [4.78, 5) is 43.6. The Balaban J connectivity index is 2.01. The minimum atomic E-state index is -2.11. The van der Waals surface area contributed by atoms with Gasteiger partial charge < -0.3 is 29.4 Å². The predicted octanol–water partition coefficient (Wildman–Crippen LogP) is 2.24. The molecule has 2 amide bonds. The van der Waals surface area contributed by atoms with E-state index in [9.17, 15) is 14.4 Å². The fourth-order valence-electron chi connectivity index (χ4n) is 2.65. The third-order valence-electron chi connectivity index (χ3n) is 5.75. The lowest BCUT2D eigenvalue weighted by molar-refractivity contribution is -0.143. The van der Waals surface area contributed by atoms with Gasteiger partial charge in [-0.05, 0) is 18.1 Å². The molecule has 0 aromatic carbocycles. The fraction of sp³-hybridized carbons (Fsp3) is 0.684. The quantitative estimate of drug-likeness (QED) is 0.458. The number of aromatic nitrogens is 1. The minimum absolute atomic E-state index is 0.0308. The van der Waals surface area contributed by atoms with Gasteiger partial charge in [0.2, 0.25) is 0 Å². The standard InChI is InChI=1S/C19H32N4O6SSi/c1-19(2,3)31(5,6)29-11-13(16(25)28-4)20-15(24)14-12-30-17(21-14)22-7-9-23(10-8-22)18(26)27/h12-13H,7-11H2,1-6H3,(H,20,24)(H,26,27)/t13-/m0/s1. The van der Waals surface area contributed by atoms with E-state index >= 15 is 0 Å². The Morgan fingerprint density at radius 2 is 1.87 bits per heavy atom. The van der Waals surface area contributed by atoms with Crippen molar-refractivity contribution in [3.8, 4) is 0 Å². The molecule has 174 valence electrons. The third-order valence-corrected chi connectivity index (χ3v) is 11.2. The lowest BCUT2D eigenvalue weighted by Crippen LogP contribution is -2.49. The molecular weight excluding hydrogens is 440 g/mol.